The van der Waals surface area contributed by atoms with Crippen LogP contribution in [0.5, 0.6) is 0 Å². The number of hydrogen-bond donors (Lipinski definition) is 0. The molecule has 2 rings (SSSR count). The molecule has 1 aliphatic rings. The summed E-state index contributed by atoms with van der Waals surface area (Å²) in [5.41, 5.74) is 0. The molecule has 0 unspecified atom stereocenters. The van der Waals surface area contributed by atoms with Crippen LogP contribution >= 0.6 is 11.3 Å². The maximum Gasteiger partial charge on any atom is 0.325 e. The zero-order chi connectivity index (χ0) is 12.3. The molecular formula is C12H15NO3S. The van der Waals surface area contributed by atoms with E-state index in [2.05, 4.69) is 10.8 Å². The lowest BCUT2D eigenvalue weighted by atomic mass is 9.95. The van der Waals surface area contributed by atoms with Gasteiger partial charge in [-0.05, 0) is 17.9 Å². The summed E-state index contributed by atoms with van der Waals surface area (Å²) in [4.78, 5) is 25.8. The highest BCUT2D eigenvalue weighted by Gasteiger charge is 2.28. The Labute approximate surface area is 104 Å². The molecule has 2 heterocycles. The van der Waals surface area contributed by atoms with Crippen LogP contribution in [0.4, 0.5) is 0 Å². The summed E-state index contributed by atoms with van der Waals surface area (Å²) in [5.74, 6) is 0.00405. The lowest BCUT2D eigenvalue weighted by Gasteiger charge is -2.30. The number of esters is 1. The zero-order valence-corrected chi connectivity index (χ0v) is 10.5. The Bertz CT molecular complexity index is 402. The van der Waals surface area contributed by atoms with Gasteiger partial charge in [0.25, 0.3) is 0 Å². The van der Waals surface area contributed by atoms with Crippen molar-refractivity contribution in [3.05, 3.63) is 22.4 Å². The number of piperidine rings is 1. The van der Waals surface area contributed by atoms with Gasteiger partial charge in [0.2, 0.25) is 5.91 Å². The zero-order valence-electron chi connectivity index (χ0n) is 9.72. The summed E-state index contributed by atoms with van der Waals surface area (Å²) in [6.45, 7) is 0.711. The average molecular weight is 253 g/mol. The minimum absolute atomic E-state index is 0.0417. The Hall–Kier alpha value is -1.36. The molecule has 1 fully saturated rings. The Morgan fingerprint density at radius 2 is 2.47 bits per heavy atom. The van der Waals surface area contributed by atoms with Crippen molar-refractivity contribution in [1.29, 1.82) is 0 Å². The molecule has 4 nitrogen and oxygen atoms in total. The molecule has 0 radical (unpaired) electrons. The Balaban J connectivity index is 1.93. The molecule has 1 aliphatic heterocycles. The van der Waals surface area contributed by atoms with Gasteiger partial charge in [-0.25, -0.2) is 0 Å². The molecule has 5 heteroatoms. The minimum atomic E-state index is -0.354. The summed E-state index contributed by atoms with van der Waals surface area (Å²) in [6, 6.07) is 4.07. The van der Waals surface area contributed by atoms with Crippen LogP contribution in [0.2, 0.25) is 0 Å². The highest BCUT2D eigenvalue weighted by atomic mass is 32.1. The standard InChI is InChI=1S/C12H15NO3S/c1-16-12(15)8-13-5-4-9(7-11(13)14)10-3-2-6-17-10/h2-3,6,9H,4-5,7-8H2,1H3/t9-/m1/s1. The number of likely N-dealkylation sites (tertiary alicyclic amines) is 1. The van der Waals surface area contributed by atoms with E-state index in [4.69, 9.17) is 0 Å². The second kappa shape index (κ2) is 5.31. The number of carbonyl (C=O) groups excluding carboxylic acids is 2. The molecule has 0 bridgehead atoms. The van der Waals surface area contributed by atoms with Crippen molar-refractivity contribution in [2.75, 3.05) is 20.2 Å². The molecule has 1 atom stereocenters. The van der Waals surface area contributed by atoms with Crippen LogP contribution in [0.15, 0.2) is 17.5 Å². The van der Waals surface area contributed by atoms with E-state index in [0.29, 0.717) is 18.9 Å². The number of thiophene rings is 1. The van der Waals surface area contributed by atoms with Gasteiger partial charge in [0.15, 0.2) is 0 Å². The number of amides is 1. The highest BCUT2D eigenvalue weighted by molar-refractivity contribution is 7.10. The predicted octanol–water partition coefficient (Wildman–Crippen LogP) is 1.63. The predicted molar refractivity (Wildman–Crippen MR) is 64.9 cm³/mol. The van der Waals surface area contributed by atoms with Gasteiger partial charge in [-0.1, -0.05) is 6.07 Å². The summed E-state index contributed by atoms with van der Waals surface area (Å²) in [5, 5.41) is 2.03. The first kappa shape index (κ1) is 12.1. The van der Waals surface area contributed by atoms with Crippen LogP contribution in [0, 0.1) is 0 Å². The van der Waals surface area contributed by atoms with Crippen molar-refractivity contribution in [2.45, 2.75) is 18.8 Å². The SMILES string of the molecule is COC(=O)CN1CC[C@@H](c2cccs2)CC1=O. The third kappa shape index (κ3) is 2.85. The third-order valence-electron chi connectivity index (χ3n) is 3.01. The maximum atomic E-state index is 11.9. The van der Waals surface area contributed by atoms with Gasteiger partial charge in [0.05, 0.1) is 7.11 Å². The number of ether oxygens (including phenoxy) is 1. The second-order valence-corrected chi connectivity index (χ2v) is 5.08. The van der Waals surface area contributed by atoms with Gasteiger partial charge >= 0.3 is 5.97 Å². The van der Waals surface area contributed by atoms with Crippen LogP contribution in [0.3, 0.4) is 0 Å². The normalized spacial score (nSPS) is 20.4. The van der Waals surface area contributed by atoms with E-state index in [1.54, 1.807) is 16.2 Å². The summed E-state index contributed by atoms with van der Waals surface area (Å²) in [6.07, 6.45) is 1.42. The monoisotopic (exact) mass is 253 g/mol. The van der Waals surface area contributed by atoms with Crippen molar-refractivity contribution < 1.29 is 14.3 Å². The molecule has 1 aromatic heterocycles. The molecule has 0 aliphatic carbocycles. The molecule has 92 valence electrons. The molecule has 0 spiro atoms. The van der Waals surface area contributed by atoms with E-state index in [1.165, 1.54) is 12.0 Å². The number of hydrogen-bond acceptors (Lipinski definition) is 4. The van der Waals surface area contributed by atoms with Crippen molar-refractivity contribution in [3.8, 4) is 0 Å². The van der Waals surface area contributed by atoms with E-state index in [9.17, 15) is 9.59 Å². The van der Waals surface area contributed by atoms with Gasteiger partial charge in [0, 0.05) is 23.8 Å². The molecule has 1 aromatic rings. The molecule has 0 N–H and O–H groups in total. The number of nitrogens with zero attached hydrogens (tertiary/aromatic N) is 1. The van der Waals surface area contributed by atoms with Gasteiger partial charge < -0.3 is 9.64 Å². The molecule has 0 saturated carbocycles. The minimum Gasteiger partial charge on any atom is -0.468 e. The van der Waals surface area contributed by atoms with Crippen LogP contribution < -0.4 is 0 Å². The van der Waals surface area contributed by atoms with Gasteiger partial charge in [0.1, 0.15) is 6.54 Å². The van der Waals surface area contributed by atoms with E-state index >= 15 is 0 Å². The van der Waals surface area contributed by atoms with E-state index in [-0.39, 0.29) is 18.4 Å². The van der Waals surface area contributed by atoms with Gasteiger partial charge in [-0.2, -0.15) is 0 Å². The molecule has 1 amide bonds. The van der Waals surface area contributed by atoms with Gasteiger partial charge in [-0.15, -0.1) is 11.3 Å². The lowest BCUT2D eigenvalue weighted by Crippen LogP contribution is -2.41. The van der Waals surface area contributed by atoms with Crippen LogP contribution in [0.25, 0.3) is 0 Å². The van der Waals surface area contributed by atoms with Crippen molar-refractivity contribution in [3.63, 3.8) is 0 Å². The Kier molecular flexibility index (Phi) is 3.78. The quantitative estimate of drug-likeness (QED) is 0.769. The smallest absolute Gasteiger partial charge is 0.325 e. The maximum absolute atomic E-state index is 11.9. The van der Waals surface area contributed by atoms with E-state index in [0.717, 1.165) is 6.42 Å². The lowest BCUT2D eigenvalue weighted by molar-refractivity contribution is -0.148. The largest absolute Gasteiger partial charge is 0.468 e. The fraction of sp³-hybridized carbons (Fsp3) is 0.500. The highest BCUT2D eigenvalue weighted by Crippen LogP contribution is 2.31. The average Bonchev–Trinajstić information content (AvgIpc) is 2.85. The van der Waals surface area contributed by atoms with Crippen molar-refractivity contribution in [1.82, 2.24) is 4.90 Å². The number of carbonyl (C=O) groups is 2. The van der Waals surface area contributed by atoms with Crippen LogP contribution in [-0.2, 0) is 14.3 Å². The molecular weight excluding hydrogens is 238 g/mol. The molecule has 1 saturated heterocycles. The third-order valence-corrected chi connectivity index (χ3v) is 4.05. The number of rotatable bonds is 3. The van der Waals surface area contributed by atoms with Crippen LogP contribution in [-0.4, -0.2) is 37.0 Å². The fourth-order valence-corrected chi connectivity index (χ4v) is 2.90. The summed E-state index contributed by atoms with van der Waals surface area (Å²) >= 11 is 1.69. The van der Waals surface area contributed by atoms with Crippen molar-refractivity contribution in [2.24, 2.45) is 0 Å². The Morgan fingerprint density at radius 1 is 1.65 bits per heavy atom. The van der Waals surface area contributed by atoms with E-state index in [1.807, 2.05) is 11.4 Å². The molecule has 17 heavy (non-hydrogen) atoms. The second-order valence-electron chi connectivity index (χ2n) is 4.10. The van der Waals surface area contributed by atoms with Crippen LogP contribution in [0.1, 0.15) is 23.6 Å². The topological polar surface area (TPSA) is 46.6 Å². The van der Waals surface area contributed by atoms with Crippen molar-refractivity contribution >= 4 is 23.2 Å². The first-order valence-electron chi connectivity index (χ1n) is 5.58. The molecule has 0 aromatic carbocycles. The summed E-state index contributed by atoms with van der Waals surface area (Å²) < 4.78 is 4.57. The summed E-state index contributed by atoms with van der Waals surface area (Å²) in [7, 11) is 1.34. The van der Waals surface area contributed by atoms with Gasteiger partial charge in [-0.3, -0.25) is 9.59 Å². The Morgan fingerprint density at radius 3 is 3.06 bits per heavy atom. The number of methoxy groups -OCH3 is 1. The first-order valence-corrected chi connectivity index (χ1v) is 6.46. The van der Waals surface area contributed by atoms with E-state index < -0.39 is 0 Å². The fourth-order valence-electron chi connectivity index (χ4n) is 2.03. The first-order chi connectivity index (χ1) is 8.20.